The van der Waals surface area contributed by atoms with Crippen LogP contribution in [-0.4, -0.2) is 0 Å². The zero-order chi connectivity index (χ0) is 20.8. The van der Waals surface area contributed by atoms with Crippen LogP contribution in [0.5, 0.6) is 0 Å². The molecule has 0 heteroatoms. The topological polar surface area (TPSA) is 0 Å². The van der Waals surface area contributed by atoms with Gasteiger partial charge in [0.1, 0.15) is 0 Å². The lowest BCUT2D eigenvalue weighted by Gasteiger charge is -2.24. The molecular formula is C28H58. The van der Waals surface area contributed by atoms with Crippen molar-refractivity contribution in [2.24, 2.45) is 5.41 Å². The SMILES string of the molecule is CCCCCCCCCCCCCCCCCC(C)(C)CCCCCCCC. The first kappa shape index (κ1) is 28.0. The molecule has 0 aromatic heterocycles. The number of hydrogen-bond acceptors (Lipinski definition) is 0. The normalized spacial score (nSPS) is 12.0. The average molecular weight is 395 g/mol. The maximum atomic E-state index is 2.50. The molecule has 0 aromatic carbocycles. The first-order valence-electron chi connectivity index (χ1n) is 13.6. The van der Waals surface area contributed by atoms with E-state index in [9.17, 15) is 0 Å². The molecule has 0 N–H and O–H groups in total. The Balaban J connectivity index is 3.24. The highest BCUT2D eigenvalue weighted by Crippen LogP contribution is 2.30. The Morgan fingerprint density at radius 1 is 0.321 bits per heavy atom. The molecule has 0 amide bonds. The van der Waals surface area contributed by atoms with Crippen LogP contribution >= 0.6 is 0 Å². The molecule has 0 aromatic rings. The number of hydrogen-bond donors (Lipinski definition) is 0. The van der Waals surface area contributed by atoms with Gasteiger partial charge in [0, 0.05) is 0 Å². The highest BCUT2D eigenvalue weighted by molar-refractivity contribution is 4.68. The third-order valence-corrected chi connectivity index (χ3v) is 6.66. The summed E-state index contributed by atoms with van der Waals surface area (Å²) in [7, 11) is 0. The minimum Gasteiger partial charge on any atom is -0.0654 e. The van der Waals surface area contributed by atoms with Gasteiger partial charge in [-0.3, -0.25) is 0 Å². The highest BCUT2D eigenvalue weighted by atomic mass is 14.2. The second-order valence-electron chi connectivity index (χ2n) is 10.4. The molecule has 0 saturated heterocycles. The van der Waals surface area contributed by atoms with E-state index in [-0.39, 0.29) is 0 Å². The highest BCUT2D eigenvalue weighted by Gasteiger charge is 2.16. The molecule has 0 bridgehead atoms. The van der Waals surface area contributed by atoms with Crippen molar-refractivity contribution in [3.05, 3.63) is 0 Å². The standard InChI is InChI=1S/C28H58/c1-5-7-9-11-13-14-15-16-17-18-19-20-21-23-25-27-28(3,4)26-24-22-12-10-8-6-2/h5-27H2,1-4H3. The van der Waals surface area contributed by atoms with Gasteiger partial charge in [-0.05, 0) is 18.3 Å². The molecule has 0 aliphatic rings. The third-order valence-electron chi connectivity index (χ3n) is 6.66. The summed E-state index contributed by atoms with van der Waals surface area (Å²) in [5.41, 5.74) is 0.585. The van der Waals surface area contributed by atoms with Crippen LogP contribution in [-0.2, 0) is 0 Å². The average Bonchev–Trinajstić information content (AvgIpc) is 2.67. The number of rotatable bonds is 23. The lowest BCUT2D eigenvalue weighted by Crippen LogP contribution is -2.11. The van der Waals surface area contributed by atoms with Gasteiger partial charge in [0.05, 0.1) is 0 Å². The summed E-state index contributed by atoms with van der Waals surface area (Å²) in [6.07, 6.45) is 33.6. The molecule has 28 heavy (non-hydrogen) atoms. The van der Waals surface area contributed by atoms with E-state index in [4.69, 9.17) is 0 Å². The Morgan fingerprint density at radius 3 is 0.786 bits per heavy atom. The van der Waals surface area contributed by atoms with Crippen LogP contribution in [0.15, 0.2) is 0 Å². The Morgan fingerprint density at radius 2 is 0.536 bits per heavy atom. The van der Waals surface area contributed by atoms with Crippen molar-refractivity contribution in [2.75, 3.05) is 0 Å². The van der Waals surface area contributed by atoms with E-state index in [2.05, 4.69) is 27.7 Å². The van der Waals surface area contributed by atoms with Gasteiger partial charge >= 0.3 is 0 Å². The fourth-order valence-electron chi connectivity index (χ4n) is 4.48. The van der Waals surface area contributed by atoms with Crippen LogP contribution in [0.2, 0.25) is 0 Å². The summed E-state index contributed by atoms with van der Waals surface area (Å²) < 4.78 is 0. The summed E-state index contributed by atoms with van der Waals surface area (Å²) in [4.78, 5) is 0. The van der Waals surface area contributed by atoms with Gasteiger partial charge < -0.3 is 0 Å². The van der Waals surface area contributed by atoms with Crippen LogP contribution in [0.4, 0.5) is 0 Å². The smallest absolute Gasteiger partial charge is 0.0354 e. The predicted molar refractivity (Wildman–Crippen MR) is 131 cm³/mol. The quantitative estimate of drug-likeness (QED) is 0.151. The predicted octanol–water partition coefficient (Wildman–Crippen LogP) is 11.0. The Bertz CT molecular complexity index is 278. The second kappa shape index (κ2) is 21.7. The molecule has 0 aliphatic carbocycles. The lowest BCUT2D eigenvalue weighted by atomic mass is 9.82. The van der Waals surface area contributed by atoms with Crippen LogP contribution in [0.3, 0.4) is 0 Å². The van der Waals surface area contributed by atoms with E-state index in [0.29, 0.717) is 5.41 Å². The Hall–Kier alpha value is 0. The van der Waals surface area contributed by atoms with E-state index >= 15 is 0 Å². The fraction of sp³-hybridized carbons (Fsp3) is 1.00. The van der Waals surface area contributed by atoms with Gasteiger partial charge in [0.25, 0.3) is 0 Å². The zero-order valence-corrected chi connectivity index (χ0v) is 20.8. The molecule has 0 atom stereocenters. The van der Waals surface area contributed by atoms with Gasteiger partial charge in [-0.1, -0.05) is 163 Å². The largest absolute Gasteiger partial charge is 0.0654 e. The molecular weight excluding hydrogens is 336 g/mol. The van der Waals surface area contributed by atoms with Gasteiger partial charge in [-0.25, -0.2) is 0 Å². The van der Waals surface area contributed by atoms with Crippen LogP contribution in [0.25, 0.3) is 0 Å². The van der Waals surface area contributed by atoms with Crippen LogP contribution < -0.4 is 0 Å². The minimum atomic E-state index is 0.585. The molecule has 170 valence electrons. The summed E-state index contributed by atoms with van der Waals surface area (Å²) in [5, 5.41) is 0. The molecule has 0 saturated carbocycles. The fourth-order valence-corrected chi connectivity index (χ4v) is 4.48. The van der Waals surface area contributed by atoms with Crippen molar-refractivity contribution in [2.45, 2.75) is 175 Å². The van der Waals surface area contributed by atoms with E-state index in [1.165, 1.54) is 148 Å². The van der Waals surface area contributed by atoms with Crippen molar-refractivity contribution >= 4 is 0 Å². The summed E-state index contributed by atoms with van der Waals surface area (Å²) in [6, 6.07) is 0. The van der Waals surface area contributed by atoms with Crippen LogP contribution in [0.1, 0.15) is 175 Å². The summed E-state index contributed by atoms with van der Waals surface area (Å²) in [5.74, 6) is 0. The molecule has 0 heterocycles. The first-order chi connectivity index (χ1) is 13.6. The monoisotopic (exact) mass is 394 g/mol. The van der Waals surface area contributed by atoms with E-state index in [1.54, 1.807) is 0 Å². The van der Waals surface area contributed by atoms with Crippen molar-refractivity contribution < 1.29 is 0 Å². The first-order valence-corrected chi connectivity index (χ1v) is 13.6. The van der Waals surface area contributed by atoms with Gasteiger partial charge in [-0.2, -0.15) is 0 Å². The van der Waals surface area contributed by atoms with E-state index in [1.807, 2.05) is 0 Å². The molecule has 0 aliphatic heterocycles. The Labute approximate surface area is 181 Å². The summed E-state index contributed by atoms with van der Waals surface area (Å²) >= 11 is 0. The number of unbranched alkanes of at least 4 members (excludes halogenated alkanes) is 19. The van der Waals surface area contributed by atoms with Gasteiger partial charge in [0.2, 0.25) is 0 Å². The van der Waals surface area contributed by atoms with Crippen molar-refractivity contribution in [1.82, 2.24) is 0 Å². The van der Waals surface area contributed by atoms with Crippen LogP contribution in [0, 0.1) is 5.41 Å². The third kappa shape index (κ3) is 22.3. The molecule has 0 nitrogen and oxygen atoms in total. The van der Waals surface area contributed by atoms with E-state index in [0.717, 1.165) is 0 Å². The molecule has 0 fully saturated rings. The maximum Gasteiger partial charge on any atom is -0.0354 e. The Kier molecular flexibility index (Phi) is 21.7. The van der Waals surface area contributed by atoms with Crippen molar-refractivity contribution in [3.63, 3.8) is 0 Å². The van der Waals surface area contributed by atoms with Crippen molar-refractivity contribution in [3.8, 4) is 0 Å². The van der Waals surface area contributed by atoms with Gasteiger partial charge in [0.15, 0.2) is 0 Å². The lowest BCUT2D eigenvalue weighted by molar-refractivity contribution is 0.282. The van der Waals surface area contributed by atoms with Crippen molar-refractivity contribution in [1.29, 1.82) is 0 Å². The second-order valence-corrected chi connectivity index (χ2v) is 10.4. The molecule has 0 rings (SSSR count). The van der Waals surface area contributed by atoms with E-state index < -0.39 is 0 Å². The van der Waals surface area contributed by atoms with Gasteiger partial charge in [-0.15, -0.1) is 0 Å². The minimum absolute atomic E-state index is 0.585. The molecule has 0 unspecified atom stereocenters. The zero-order valence-electron chi connectivity index (χ0n) is 20.8. The summed E-state index contributed by atoms with van der Waals surface area (Å²) in [6.45, 7) is 9.62. The maximum absolute atomic E-state index is 2.50. The molecule has 0 spiro atoms. The molecule has 0 radical (unpaired) electrons.